The normalized spacial score (nSPS) is 10.2. The van der Waals surface area contributed by atoms with Crippen molar-refractivity contribution in [1.82, 2.24) is 0 Å². The van der Waals surface area contributed by atoms with E-state index in [1.807, 2.05) is 24.3 Å². The zero-order chi connectivity index (χ0) is 14.4. The molecule has 0 saturated carbocycles. The Kier molecular flexibility index (Phi) is 4.68. The second-order valence-corrected chi connectivity index (χ2v) is 4.29. The second-order valence-electron chi connectivity index (χ2n) is 4.29. The molecule has 0 amide bonds. The molecule has 106 valence electrons. The summed E-state index contributed by atoms with van der Waals surface area (Å²) in [5, 5.41) is 21.6. The van der Waals surface area contributed by atoms with Gasteiger partial charge >= 0.3 is 0 Å². The number of phenolic OH excluding ortho intramolecular Hbond substituents is 1. The Hall–Kier alpha value is -2.40. The summed E-state index contributed by atoms with van der Waals surface area (Å²) < 4.78 is 5.27. The van der Waals surface area contributed by atoms with Gasteiger partial charge in [-0.15, -0.1) is 0 Å². The quantitative estimate of drug-likeness (QED) is 0.605. The van der Waals surface area contributed by atoms with Gasteiger partial charge in [0, 0.05) is 23.5 Å². The van der Waals surface area contributed by atoms with Crippen molar-refractivity contribution < 1.29 is 14.9 Å². The number of phenols is 1. The number of anilines is 2. The van der Waals surface area contributed by atoms with Crippen LogP contribution in [0.3, 0.4) is 0 Å². The van der Waals surface area contributed by atoms with E-state index < -0.39 is 0 Å². The molecule has 20 heavy (non-hydrogen) atoms. The Morgan fingerprint density at radius 3 is 2.50 bits per heavy atom. The van der Waals surface area contributed by atoms with Gasteiger partial charge in [-0.1, -0.05) is 6.07 Å². The minimum Gasteiger partial charge on any atom is -0.508 e. The van der Waals surface area contributed by atoms with Gasteiger partial charge in [0.25, 0.3) is 0 Å². The topological polar surface area (TPSA) is 87.7 Å². The molecule has 2 rings (SSSR count). The van der Waals surface area contributed by atoms with Gasteiger partial charge in [0.15, 0.2) is 0 Å². The van der Waals surface area contributed by atoms with Crippen molar-refractivity contribution in [2.45, 2.75) is 6.54 Å². The molecule has 0 spiro atoms. The zero-order valence-electron chi connectivity index (χ0n) is 11.0. The van der Waals surface area contributed by atoms with Crippen molar-refractivity contribution in [2.75, 3.05) is 24.3 Å². The van der Waals surface area contributed by atoms with Crippen LogP contribution < -0.4 is 15.8 Å². The summed E-state index contributed by atoms with van der Waals surface area (Å²) >= 11 is 0. The van der Waals surface area contributed by atoms with Crippen LogP contribution in [0.25, 0.3) is 0 Å². The summed E-state index contributed by atoms with van der Waals surface area (Å²) in [6.07, 6.45) is 0. The van der Waals surface area contributed by atoms with Gasteiger partial charge in [-0.25, -0.2) is 0 Å². The molecule has 0 radical (unpaired) electrons. The number of nitrogens with one attached hydrogen (secondary N) is 1. The first-order chi connectivity index (χ1) is 9.70. The number of aromatic hydroxyl groups is 1. The van der Waals surface area contributed by atoms with Crippen molar-refractivity contribution in [1.29, 1.82) is 0 Å². The van der Waals surface area contributed by atoms with Crippen molar-refractivity contribution in [3.63, 3.8) is 0 Å². The Balaban J connectivity index is 1.97. The predicted octanol–water partition coefficient (Wildman–Crippen LogP) is 1.96. The Labute approximate surface area is 117 Å². The lowest BCUT2D eigenvalue weighted by molar-refractivity contribution is 0.201. The molecule has 2 aromatic carbocycles. The van der Waals surface area contributed by atoms with Crippen LogP contribution in [0, 0.1) is 0 Å². The molecule has 0 saturated heterocycles. The molecule has 0 bridgehead atoms. The van der Waals surface area contributed by atoms with Gasteiger partial charge in [0.1, 0.15) is 18.1 Å². The summed E-state index contributed by atoms with van der Waals surface area (Å²) in [6.45, 7) is 0.711. The number of aliphatic hydroxyl groups is 1. The molecule has 5 heteroatoms. The van der Waals surface area contributed by atoms with Gasteiger partial charge in [-0.3, -0.25) is 0 Å². The van der Waals surface area contributed by atoms with E-state index in [0.29, 0.717) is 23.5 Å². The molecule has 5 N–H and O–H groups in total. The third-order valence-electron chi connectivity index (χ3n) is 2.87. The van der Waals surface area contributed by atoms with E-state index >= 15 is 0 Å². The number of hydrogen-bond acceptors (Lipinski definition) is 5. The Bertz CT molecular complexity index is 535. The first kappa shape index (κ1) is 14.0. The monoisotopic (exact) mass is 274 g/mol. The lowest BCUT2D eigenvalue weighted by atomic mass is 10.1. The number of benzene rings is 2. The fourth-order valence-corrected chi connectivity index (χ4v) is 1.81. The molecule has 0 aromatic heterocycles. The number of nitrogen functional groups attached to an aromatic ring is 1. The largest absolute Gasteiger partial charge is 0.508 e. The van der Waals surface area contributed by atoms with Crippen LogP contribution in [0.5, 0.6) is 11.5 Å². The summed E-state index contributed by atoms with van der Waals surface area (Å²) in [6, 6.07) is 12.4. The molecule has 0 heterocycles. The Morgan fingerprint density at radius 2 is 1.85 bits per heavy atom. The van der Waals surface area contributed by atoms with Crippen LogP contribution in [0.4, 0.5) is 11.4 Å². The number of nitrogens with two attached hydrogens (primary N) is 1. The molecule has 0 aliphatic rings. The van der Waals surface area contributed by atoms with Gasteiger partial charge in [0.05, 0.1) is 6.61 Å². The lowest BCUT2D eigenvalue weighted by Gasteiger charge is -2.11. The van der Waals surface area contributed by atoms with E-state index in [2.05, 4.69) is 5.32 Å². The van der Waals surface area contributed by atoms with Crippen molar-refractivity contribution in [2.24, 2.45) is 0 Å². The molecule has 5 nitrogen and oxygen atoms in total. The molecule has 0 unspecified atom stereocenters. The zero-order valence-corrected chi connectivity index (χ0v) is 11.0. The summed E-state index contributed by atoms with van der Waals surface area (Å²) in [7, 11) is 0. The van der Waals surface area contributed by atoms with E-state index in [9.17, 15) is 5.11 Å². The number of ether oxygens (including phenoxy) is 1. The fourth-order valence-electron chi connectivity index (χ4n) is 1.81. The predicted molar refractivity (Wildman–Crippen MR) is 78.9 cm³/mol. The highest BCUT2D eigenvalue weighted by molar-refractivity contribution is 5.56. The molecule has 0 aliphatic heterocycles. The third-order valence-corrected chi connectivity index (χ3v) is 2.87. The van der Waals surface area contributed by atoms with Crippen LogP contribution in [0.1, 0.15) is 5.56 Å². The fraction of sp³-hybridized carbons (Fsp3) is 0.200. The van der Waals surface area contributed by atoms with Gasteiger partial charge in [-0.2, -0.15) is 0 Å². The van der Waals surface area contributed by atoms with Crippen LogP contribution >= 0.6 is 0 Å². The average Bonchev–Trinajstić information content (AvgIpc) is 2.46. The number of aliphatic hydroxyl groups excluding tert-OH is 1. The summed E-state index contributed by atoms with van der Waals surface area (Å²) in [5.41, 5.74) is 7.94. The van der Waals surface area contributed by atoms with E-state index in [1.165, 1.54) is 0 Å². The molecule has 0 aliphatic carbocycles. The highest BCUT2D eigenvalue weighted by Crippen LogP contribution is 2.24. The summed E-state index contributed by atoms with van der Waals surface area (Å²) in [5.74, 6) is 0.882. The standard InChI is InChI=1S/C15H18N2O3/c16-14-2-1-3-15(19)13(14)10-17-11-4-6-12(7-5-11)20-9-8-18/h1-7,17-19H,8-10,16H2. The van der Waals surface area contributed by atoms with Crippen LogP contribution in [-0.2, 0) is 6.54 Å². The van der Waals surface area contributed by atoms with E-state index in [0.717, 1.165) is 5.69 Å². The van der Waals surface area contributed by atoms with Gasteiger partial charge in [-0.05, 0) is 36.4 Å². The molecular formula is C15H18N2O3. The van der Waals surface area contributed by atoms with E-state index in [-0.39, 0.29) is 19.0 Å². The van der Waals surface area contributed by atoms with E-state index in [1.54, 1.807) is 18.2 Å². The van der Waals surface area contributed by atoms with Crippen molar-refractivity contribution in [3.05, 3.63) is 48.0 Å². The first-order valence-electron chi connectivity index (χ1n) is 6.34. The van der Waals surface area contributed by atoms with Crippen molar-refractivity contribution >= 4 is 11.4 Å². The maximum atomic E-state index is 9.75. The maximum absolute atomic E-state index is 9.75. The van der Waals surface area contributed by atoms with E-state index in [4.69, 9.17) is 15.6 Å². The lowest BCUT2D eigenvalue weighted by Crippen LogP contribution is -2.04. The molecule has 2 aromatic rings. The minimum absolute atomic E-state index is 0.00738. The van der Waals surface area contributed by atoms with Gasteiger partial charge < -0.3 is 26.0 Å². The van der Waals surface area contributed by atoms with Crippen LogP contribution in [-0.4, -0.2) is 23.4 Å². The minimum atomic E-state index is -0.00738. The Morgan fingerprint density at radius 1 is 1.10 bits per heavy atom. The SMILES string of the molecule is Nc1cccc(O)c1CNc1ccc(OCCO)cc1. The molecular weight excluding hydrogens is 256 g/mol. The molecule has 0 fully saturated rings. The summed E-state index contributed by atoms with van der Waals surface area (Å²) in [4.78, 5) is 0. The highest BCUT2D eigenvalue weighted by atomic mass is 16.5. The van der Waals surface area contributed by atoms with Gasteiger partial charge in [0.2, 0.25) is 0 Å². The third kappa shape index (κ3) is 3.55. The second kappa shape index (κ2) is 6.68. The highest BCUT2D eigenvalue weighted by Gasteiger charge is 2.04. The number of hydrogen-bond donors (Lipinski definition) is 4. The first-order valence-corrected chi connectivity index (χ1v) is 6.34. The average molecular weight is 274 g/mol. The van der Waals surface area contributed by atoms with Crippen molar-refractivity contribution in [3.8, 4) is 11.5 Å². The molecule has 0 atom stereocenters. The smallest absolute Gasteiger partial charge is 0.122 e. The maximum Gasteiger partial charge on any atom is 0.122 e. The van der Waals surface area contributed by atoms with Crippen LogP contribution in [0.2, 0.25) is 0 Å². The number of rotatable bonds is 6. The van der Waals surface area contributed by atoms with Crippen LogP contribution in [0.15, 0.2) is 42.5 Å².